The van der Waals surface area contributed by atoms with Gasteiger partial charge in [-0.3, -0.25) is 0 Å². The maximum atomic E-state index is 5.75. The van der Waals surface area contributed by atoms with Crippen LogP contribution in [0.2, 0.25) is 0 Å². The molecule has 76 valence electrons. The second kappa shape index (κ2) is 4.91. The molecule has 1 saturated heterocycles. The largest absolute Gasteiger partial charge is 0.348 e. The van der Waals surface area contributed by atoms with Gasteiger partial charge in [-0.25, -0.2) is 0 Å². The molecule has 0 aliphatic carbocycles. The van der Waals surface area contributed by atoms with E-state index in [1.165, 1.54) is 0 Å². The van der Waals surface area contributed by atoms with Crippen LogP contribution in [0.4, 0.5) is 0 Å². The van der Waals surface area contributed by atoms with Gasteiger partial charge in [0.05, 0.1) is 12.7 Å². The molecule has 0 bridgehead atoms. The minimum atomic E-state index is -0.188. The molecule has 0 N–H and O–H groups in total. The van der Waals surface area contributed by atoms with E-state index in [9.17, 15) is 0 Å². The monoisotopic (exact) mass is 256 g/mol. The first kappa shape index (κ1) is 10.1. The van der Waals surface area contributed by atoms with Gasteiger partial charge in [0, 0.05) is 10.9 Å². The van der Waals surface area contributed by atoms with Crippen LogP contribution in [-0.4, -0.2) is 18.0 Å². The summed E-state index contributed by atoms with van der Waals surface area (Å²) in [7, 11) is 0. The first-order chi connectivity index (χ1) is 6.90. The molecule has 1 unspecified atom stereocenters. The summed E-state index contributed by atoms with van der Waals surface area (Å²) >= 11 is 3.43. The van der Waals surface area contributed by atoms with Crippen LogP contribution in [0, 0.1) is 0 Å². The van der Waals surface area contributed by atoms with Crippen molar-refractivity contribution in [2.75, 3.05) is 11.9 Å². The molecule has 0 saturated carbocycles. The zero-order valence-electron chi connectivity index (χ0n) is 7.86. The fourth-order valence-electron chi connectivity index (χ4n) is 1.49. The number of alkyl halides is 1. The number of ether oxygens (including phenoxy) is 2. The SMILES string of the molecule is BrC[C@@H]1CCOC(c2ccccc2)O1. The van der Waals surface area contributed by atoms with E-state index in [0.29, 0.717) is 0 Å². The van der Waals surface area contributed by atoms with Crippen LogP contribution in [0.3, 0.4) is 0 Å². The van der Waals surface area contributed by atoms with Crippen LogP contribution < -0.4 is 0 Å². The predicted molar refractivity (Wildman–Crippen MR) is 58.4 cm³/mol. The maximum Gasteiger partial charge on any atom is 0.184 e. The lowest BCUT2D eigenvalue weighted by Crippen LogP contribution is -2.27. The molecule has 3 heteroatoms. The lowest BCUT2D eigenvalue weighted by Gasteiger charge is -2.29. The minimum absolute atomic E-state index is 0.188. The van der Waals surface area contributed by atoms with Gasteiger partial charge in [-0.15, -0.1) is 0 Å². The first-order valence-electron chi connectivity index (χ1n) is 4.78. The van der Waals surface area contributed by atoms with E-state index in [4.69, 9.17) is 9.47 Å². The Labute approximate surface area is 92.3 Å². The van der Waals surface area contributed by atoms with Gasteiger partial charge in [-0.1, -0.05) is 46.3 Å². The van der Waals surface area contributed by atoms with E-state index in [1.54, 1.807) is 0 Å². The fraction of sp³-hybridized carbons (Fsp3) is 0.455. The molecule has 14 heavy (non-hydrogen) atoms. The topological polar surface area (TPSA) is 18.5 Å². The number of hydrogen-bond donors (Lipinski definition) is 0. The van der Waals surface area contributed by atoms with Crippen LogP contribution in [-0.2, 0) is 9.47 Å². The van der Waals surface area contributed by atoms with Crippen molar-refractivity contribution in [3.63, 3.8) is 0 Å². The van der Waals surface area contributed by atoms with Gasteiger partial charge in [-0.05, 0) is 6.42 Å². The lowest BCUT2D eigenvalue weighted by molar-refractivity contribution is -0.210. The molecule has 0 spiro atoms. The zero-order chi connectivity index (χ0) is 9.80. The molecule has 1 fully saturated rings. The average molecular weight is 257 g/mol. The summed E-state index contributed by atoms with van der Waals surface area (Å²) in [6, 6.07) is 10.1. The Morgan fingerprint density at radius 2 is 2.07 bits per heavy atom. The van der Waals surface area contributed by atoms with E-state index in [0.717, 1.165) is 23.9 Å². The normalized spacial score (nSPS) is 27.5. The third kappa shape index (κ3) is 2.35. The van der Waals surface area contributed by atoms with Gasteiger partial charge in [0.25, 0.3) is 0 Å². The summed E-state index contributed by atoms with van der Waals surface area (Å²) in [6.07, 6.45) is 1.05. The lowest BCUT2D eigenvalue weighted by atomic mass is 10.2. The maximum absolute atomic E-state index is 5.75. The smallest absolute Gasteiger partial charge is 0.184 e. The number of rotatable bonds is 2. The number of halogens is 1. The third-order valence-corrected chi connectivity index (χ3v) is 2.99. The Morgan fingerprint density at radius 1 is 1.29 bits per heavy atom. The highest BCUT2D eigenvalue weighted by atomic mass is 79.9. The number of hydrogen-bond acceptors (Lipinski definition) is 2. The fourth-order valence-corrected chi connectivity index (χ4v) is 1.96. The van der Waals surface area contributed by atoms with E-state index in [2.05, 4.69) is 15.9 Å². The first-order valence-corrected chi connectivity index (χ1v) is 5.90. The molecule has 2 rings (SSSR count). The Hall–Kier alpha value is -0.380. The molecule has 1 aromatic rings. The quantitative estimate of drug-likeness (QED) is 0.758. The summed E-state index contributed by atoms with van der Waals surface area (Å²) in [6.45, 7) is 0.774. The summed E-state index contributed by atoms with van der Waals surface area (Å²) < 4.78 is 11.3. The van der Waals surface area contributed by atoms with Gasteiger partial charge in [0.1, 0.15) is 0 Å². The molecule has 0 aromatic heterocycles. The Balaban J connectivity index is 2.04. The standard InChI is InChI=1S/C11H13BrO2/c12-8-10-6-7-13-11(14-10)9-4-2-1-3-5-9/h1-5,10-11H,6-8H2/t10-,11?/m0/s1. The van der Waals surface area contributed by atoms with Gasteiger partial charge in [0.2, 0.25) is 0 Å². The minimum Gasteiger partial charge on any atom is -0.348 e. The molecule has 1 aromatic carbocycles. The molecular formula is C11H13BrO2. The molecule has 0 amide bonds. The highest BCUT2D eigenvalue weighted by Gasteiger charge is 2.22. The molecule has 1 aliphatic rings. The van der Waals surface area contributed by atoms with Crippen molar-refractivity contribution in [1.82, 2.24) is 0 Å². The number of benzene rings is 1. The van der Waals surface area contributed by atoms with Crippen LogP contribution >= 0.6 is 15.9 Å². The van der Waals surface area contributed by atoms with Crippen molar-refractivity contribution in [2.45, 2.75) is 18.8 Å². The van der Waals surface area contributed by atoms with Crippen molar-refractivity contribution >= 4 is 15.9 Å². The second-order valence-corrected chi connectivity index (χ2v) is 3.96. The Kier molecular flexibility index (Phi) is 3.56. The summed E-state index contributed by atoms with van der Waals surface area (Å²) in [5, 5.41) is 0.875. The molecule has 2 nitrogen and oxygen atoms in total. The van der Waals surface area contributed by atoms with Gasteiger partial charge in [-0.2, -0.15) is 0 Å². The van der Waals surface area contributed by atoms with Crippen LogP contribution in [0.5, 0.6) is 0 Å². The predicted octanol–water partition coefficient (Wildman–Crippen LogP) is 2.89. The van der Waals surface area contributed by atoms with E-state index >= 15 is 0 Å². The van der Waals surface area contributed by atoms with Crippen LogP contribution in [0.15, 0.2) is 30.3 Å². The molecule has 1 aliphatic heterocycles. The second-order valence-electron chi connectivity index (χ2n) is 3.31. The highest BCUT2D eigenvalue weighted by Crippen LogP contribution is 2.26. The summed E-state index contributed by atoms with van der Waals surface area (Å²) in [4.78, 5) is 0. The van der Waals surface area contributed by atoms with Crippen molar-refractivity contribution in [3.05, 3.63) is 35.9 Å². The van der Waals surface area contributed by atoms with Crippen molar-refractivity contribution in [1.29, 1.82) is 0 Å². The molecule has 1 heterocycles. The third-order valence-electron chi connectivity index (χ3n) is 2.27. The average Bonchev–Trinajstić information content (AvgIpc) is 2.30. The van der Waals surface area contributed by atoms with Gasteiger partial charge < -0.3 is 9.47 Å². The highest BCUT2D eigenvalue weighted by molar-refractivity contribution is 9.09. The zero-order valence-corrected chi connectivity index (χ0v) is 9.44. The van der Waals surface area contributed by atoms with Gasteiger partial charge in [0.15, 0.2) is 6.29 Å². The van der Waals surface area contributed by atoms with Crippen molar-refractivity contribution in [3.8, 4) is 0 Å². The van der Waals surface area contributed by atoms with Crippen molar-refractivity contribution < 1.29 is 9.47 Å². The Bertz CT molecular complexity index is 276. The van der Waals surface area contributed by atoms with E-state index in [1.807, 2.05) is 30.3 Å². The summed E-state index contributed by atoms with van der Waals surface area (Å²) in [5.74, 6) is 0. The molecule has 0 radical (unpaired) electrons. The Morgan fingerprint density at radius 3 is 2.79 bits per heavy atom. The van der Waals surface area contributed by atoms with E-state index < -0.39 is 0 Å². The molecule has 2 atom stereocenters. The summed E-state index contributed by atoms with van der Waals surface area (Å²) in [5.41, 5.74) is 1.10. The van der Waals surface area contributed by atoms with Gasteiger partial charge >= 0.3 is 0 Å². The van der Waals surface area contributed by atoms with Crippen LogP contribution in [0.1, 0.15) is 18.3 Å². The molecular weight excluding hydrogens is 244 g/mol. The van der Waals surface area contributed by atoms with Crippen molar-refractivity contribution in [2.24, 2.45) is 0 Å². The van der Waals surface area contributed by atoms with E-state index in [-0.39, 0.29) is 12.4 Å². The van der Waals surface area contributed by atoms with Crippen LogP contribution in [0.25, 0.3) is 0 Å².